The molecule has 0 spiro atoms. The zero-order chi connectivity index (χ0) is 18.3. The molecule has 1 aliphatic carbocycles. The zero-order valence-corrected chi connectivity index (χ0v) is 15.2. The van der Waals surface area contributed by atoms with Gasteiger partial charge in [0.2, 0.25) is 5.95 Å². The first kappa shape index (κ1) is 17.6. The molecule has 2 aliphatic heterocycles. The van der Waals surface area contributed by atoms with E-state index < -0.39 is 12.2 Å². The summed E-state index contributed by atoms with van der Waals surface area (Å²) >= 11 is 0. The predicted molar refractivity (Wildman–Crippen MR) is 95.9 cm³/mol. The fourth-order valence-electron chi connectivity index (χ4n) is 4.36. The van der Waals surface area contributed by atoms with E-state index in [0.717, 1.165) is 26.2 Å². The van der Waals surface area contributed by atoms with Gasteiger partial charge in [0, 0.05) is 51.7 Å². The van der Waals surface area contributed by atoms with Gasteiger partial charge in [-0.1, -0.05) is 0 Å². The Morgan fingerprint density at radius 3 is 2.08 bits per heavy atom. The molecule has 0 bridgehead atoms. The number of fused-ring (bicyclic) bond motifs is 1. The fourth-order valence-corrected chi connectivity index (χ4v) is 4.36. The minimum atomic E-state index is -0.669. The van der Waals surface area contributed by atoms with Crippen molar-refractivity contribution in [1.29, 1.82) is 0 Å². The van der Waals surface area contributed by atoms with Crippen LogP contribution in [0.4, 0.5) is 5.95 Å². The van der Waals surface area contributed by atoms with Crippen LogP contribution in [-0.2, 0) is 0 Å². The van der Waals surface area contributed by atoms with Crippen molar-refractivity contribution in [3.05, 3.63) is 18.0 Å². The lowest BCUT2D eigenvalue weighted by atomic mass is 9.79. The molecule has 1 saturated carbocycles. The van der Waals surface area contributed by atoms with Crippen molar-refractivity contribution in [3.8, 4) is 0 Å². The van der Waals surface area contributed by atoms with E-state index >= 15 is 0 Å². The maximum atomic E-state index is 12.8. The van der Waals surface area contributed by atoms with Gasteiger partial charge in [0.25, 0.3) is 5.91 Å². The molecule has 142 valence electrons. The van der Waals surface area contributed by atoms with Crippen LogP contribution in [0.2, 0.25) is 0 Å². The SMILES string of the molecule is CN1CCN(c2ncc(C(=O)N3CC4CC(O)C(O)CC4C3)cn2)CC1. The van der Waals surface area contributed by atoms with Crippen molar-refractivity contribution in [2.45, 2.75) is 25.0 Å². The summed E-state index contributed by atoms with van der Waals surface area (Å²) in [5.41, 5.74) is 0.502. The number of aromatic nitrogens is 2. The van der Waals surface area contributed by atoms with E-state index in [4.69, 9.17) is 0 Å². The molecular formula is C18H27N5O3. The minimum absolute atomic E-state index is 0.0618. The first-order chi connectivity index (χ1) is 12.5. The summed E-state index contributed by atoms with van der Waals surface area (Å²) in [6.45, 7) is 5.02. The monoisotopic (exact) mass is 361 g/mol. The summed E-state index contributed by atoms with van der Waals surface area (Å²) in [5, 5.41) is 19.7. The van der Waals surface area contributed by atoms with E-state index in [1.165, 1.54) is 0 Å². The molecule has 3 fully saturated rings. The summed E-state index contributed by atoms with van der Waals surface area (Å²) in [5.74, 6) is 1.15. The van der Waals surface area contributed by atoms with E-state index in [0.29, 0.717) is 37.4 Å². The van der Waals surface area contributed by atoms with Gasteiger partial charge in [0.05, 0.1) is 17.8 Å². The molecule has 8 heteroatoms. The Kier molecular flexibility index (Phi) is 4.81. The highest BCUT2D eigenvalue weighted by atomic mass is 16.3. The van der Waals surface area contributed by atoms with Crippen LogP contribution in [-0.4, -0.2) is 94.4 Å². The van der Waals surface area contributed by atoms with Crippen molar-refractivity contribution in [2.24, 2.45) is 11.8 Å². The Morgan fingerprint density at radius 1 is 1.00 bits per heavy atom. The van der Waals surface area contributed by atoms with Crippen molar-refractivity contribution in [1.82, 2.24) is 19.8 Å². The van der Waals surface area contributed by atoms with Crippen LogP contribution >= 0.6 is 0 Å². The molecule has 2 saturated heterocycles. The molecule has 1 aromatic rings. The lowest BCUT2D eigenvalue weighted by Gasteiger charge is -2.32. The Bertz CT molecular complexity index is 629. The van der Waals surface area contributed by atoms with Crippen molar-refractivity contribution < 1.29 is 15.0 Å². The number of rotatable bonds is 2. The third kappa shape index (κ3) is 3.41. The molecule has 3 heterocycles. The van der Waals surface area contributed by atoms with Crippen molar-refractivity contribution in [2.75, 3.05) is 51.2 Å². The molecule has 4 unspecified atom stereocenters. The number of carbonyl (C=O) groups is 1. The van der Waals surface area contributed by atoms with Crippen LogP contribution in [0, 0.1) is 11.8 Å². The average Bonchev–Trinajstić information content (AvgIpc) is 3.05. The molecule has 3 aliphatic rings. The fraction of sp³-hybridized carbons (Fsp3) is 0.722. The highest BCUT2D eigenvalue weighted by molar-refractivity contribution is 5.93. The van der Waals surface area contributed by atoms with Gasteiger partial charge in [0.1, 0.15) is 0 Å². The second kappa shape index (κ2) is 7.09. The Labute approximate surface area is 153 Å². The molecule has 0 aromatic carbocycles. The summed E-state index contributed by atoms with van der Waals surface area (Å²) in [6, 6.07) is 0. The first-order valence-electron chi connectivity index (χ1n) is 9.42. The second-order valence-corrected chi connectivity index (χ2v) is 7.90. The predicted octanol–water partition coefficient (Wildman–Crippen LogP) is -0.568. The van der Waals surface area contributed by atoms with E-state index in [9.17, 15) is 15.0 Å². The number of carbonyl (C=O) groups excluding carboxylic acids is 1. The Morgan fingerprint density at radius 2 is 1.54 bits per heavy atom. The highest BCUT2D eigenvalue weighted by Crippen LogP contribution is 2.37. The van der Waals surface area contributed by atoms with E-state index in [-0.39, 0.29) is 17.7 Å². The lowest BCUT2D eigenvalue weighted by Crippen LogP contribution is -2.45. The number of anilines is 1. The molecule has 4 atom stereocenters. The molecule has 26 heavy (non-hydrogen) atoms. The van der Waals surface area contributed by atoms with Crippen molar-refractivity contribution >= 4 is 11.9 Å². The quantitative estimate of drug-likeness (QED) is 0.729. The molecule has 2 N–H and O–H groups in total. The number of hydrogen-bond donors (Lipinski definition) is 2. The number of likely N-dealkylation sites (N-methyl/N-ethyl adjacent to an activating group) is 1. The van der Waals surface area contributed by atoms with Crippen LogP contribution < -0.4 is 4.90 Å². The van der Waals surface area contributed by atoms with Crippen molar-refractivity contribution in [3.63, 3.8) is 0 Å². The highest BCUT2D eigenvalue weighted by Gasteiger charge is 2.42. The maximum absolute atomic E-state index is 12.8. The van der Waals surface area contributed by atoms with Gasteiger partial charge < -0.3 is 24.9 Å². The summed E-state index contributed by atoms with van der Waals surface area (Å²) < 4.78 is 0. The number of amides is 1. The summed E-state index contributed by atoms with van der Waals surface area (Å²) in [6.07, 6.45) is 3.03. The lowest BCUT2D eigenvalue weighted by molar-refractivity contribution is -0.0372. The molecule has 1 aromatic heterocycles. The van der Waals surface area contributed by atoms with E-state index in [2.05, 4.69) is 26.8 Å². The second-order valence-electron chi connectivity index (χ2n) is 7.90. The topological polar surface area (TPSA) is 93.0 Å². The van der Waals surface area contributed by atoms with Gasteiger partial charge in [-0.05, 0) is 31.7 Å². The third-order valence-electron chi connectivity index (χ3n) is 6.07. The minimum Gasteiger partial charge on any atom is -0.390 e. The number of aliphatic hydroxyl groups is 2. The maximum Gasteiger partial charge on any atom is 0.257 e. The number of nitrogens with zero attached hydrogens (tertiary/aromatic N) is 5. The van der Waals surface area contributed by atoms with E-state index in [1.807, 2.05) is 4.90 Å². The van der Waals surface area contributed by atoms with E-state index in [1.54, 1.807) is 12.4 Å². The number of hydrogen-bond acceptors (Lipinski definition) is 7. The van der Waals surface area contributed by atoms with Gasteiger partial charge in [-0.15, -0.1) is 0 Å². The Hall–Kier alpha value is -1.77. The summed E-state index contributed by atoms with van der Waals surface area (Å²) in [4.78, 5) is 27.8. The van der Waals surface area contributed by atoms with Gasteiger partial charge in [-0.3, -0.25) is 4.79 Å². The third-order valence-corrected chi connectivity index (χ3v) is 6.07. The van der Waals surface area contributed by atoms with Gasteiger partial charge >= 0.3 is 0 Å². The number of piperazine rings is 1. The number of likely N-dealkylation sites (tertiary alicyclic amines) is 1. The smallest absolute Gasteiger partial charge is 0.257 e. The van der Waals surface area contributed by atoms with Crippen LogP contribution in [0.5, 0.6) is 0 Å². The molecular weight excluding hydrogens is 334 g/mol. The van der Waals surface area contributed by atoms with Gasteiger partial charge in [-0.2, -0.15) is 0 Å². The average molecular weight is 361 g/mol. The van der Waals surface area contributed by atoms with Crippen LogP contribution in [0.15, 0.2) is 12.4 Å². The Balaban J connectivity index is 1.39. The largest absolute Gasteiger partial charge is 0.390 e. The van der Waals surface area contributed by atoms with Crippen LogP contribution in [0.3, 0.4) is 0 Å². The zero-order valence-electron chi connectivity index (χ0n) is 15.2. The van der Waals surface area contributed by atoms with Gasteiger partial charge in [-0.25, -0.2) is 9.97 Å². The van der Waals surface area contributed by atoms with Crippen LogP contribution in [0.25, 0.3) is 0 Å². The van der Waals surface area contributed by atoms with Crippen LogP contribution in [0.1, 0.15) is 23.2 Å². The molecule has 4 rings (SSSR count). The normalized spacial score (nSPS) is 32.6. The summed E-state index contributed by atoms with van der Waals surface area (Å²) in [7, 11) is 2.10. The molecule has 0 radical (unpaired) electrons. The van der Waals surface area contributed by atoms with Gasteiger partial charge in [0.15, 0.2) is 0 Å². The first-order valence-corrected chi connectivity index (χ1v) is 9.42. The standard InChI is InChI=1S/C18H27N5O3/c1-21-2-4-22(5-3-21)18-19-8-14(9-20-18)17(26)23-10-12-6-15(24)16(25)7-13(12)11-23/h8-9,12-13,15-16,24-25H,2-7,10-11H2,1H3. The molecule has 8 nitrogen and oxygen atoms in total. The molecule has 1 amide bonds. The number of aliphatic hydroxyl groups excluding tert-OH is 2.